The van der Waals surface area contributed by atoms with Crippen molar-refractivity contribution in [2.75, 3.05) is 40.3 Å². The lowest BCUT2D eigenvalue weighted by Crippen LogP contribution is -2.33. The number of rotatable bonds is 7. The molecule has 1 aliphatic heterocycles. The zero-order valence-corrected chi connectivity index (χ0v) is 13.3. The molecule has 0 aliphatic carbocycles. The zero-order valence-electron chi connectivity index (χ0n) is 13.3. The third kappa shape index (κ3) is 4.30. The van der Waals surface area contributed by atoms with E-state index in [-0.39, 0.29) is 0 Å². The molecule has 0 fully saturated rings. The van der Waals surface area contributed by atoms with Crippen molar-refractivity contribution in [1.29, 1.82) is 0 Å². The molecule has 1 N–H and O–H groups in total. The molecule has 1 heterocycles. The van der Waals surface area contributed by atoms with Gasteiger partial charge in [-0.2, -0.15) is 0 Å². The van der Waals surface area contributed by atoms with Crippen LogP contribution in [0.4, 0.5) is 0 Å². The van der Waals surface area contributed by atoms with Crippen LogP contribution in [0.5, 0.6) is 0 Å². The fourth-order valence-electron chi connectivity index (χ4n) is 2.93. The summed E-state index contributed by atoms with van der Waals surface area (Å²) in [6, 6.07) is 6.81. The fraction of sp³-hybridized carbons (Fsp3) is 0.647. The van der Waals surface area contributed by atoms with E-state index in [2.05, 4.69) is 54.3 Å². The Hall–Kier alpha value is -0.900. The summed E-state index contributed by atoms with van der Waals surface area (Å²) >= 11 is 0. The van der Waals surface area contributed by atoms with Gasteiger partial charge in [-0.1, -0.05) is 25.1 Å². The molecule has 0 aromatic heterocycles. The monoisotopic (exact) mass is 275 g/mol. The summed E-state index contributed by atoms with van der Waals surface area (Å²) in [5.74, 6) is 0. The lowest BCUT2D eigenvalue weighted by Gasteiger charge is -2.27. The summed E-state index contributed by atoms with van der Waals surface area (Å²) < 4.78 is 0. The number of benzene rings is 1. The van der Waals surface area contributed by atoms with Crippen LogP contribution in [0.3, 0.4) is 0 Å². The Balaban J connectivity index is 2.05. The molecular formula is C17H29N3. The highest BCUT2D eigenvalue weighted by atomic mass is 15.2. The number of likely N-dealkylation sites (N-methyl/N-ethyl adjacent to an activating group) is 1. The number of nitrogens with zero attached hydrogens (tertiary/aromatic N) is 2. The van der Waals surface area contributed by atoms with Crippen LogP contribution >= 0.6 is 0 Å². The molecule has 1 aromatic rings. The molecule has 1 aromatic carbocycles. The first-order chi connectivity index (χ1) is 9.70. The van der Waals surface area contributed by atoms with Gasteiger partial charge in [-0.05, 0) is 56.7 Å². The smallest absolute Gasteiger partial charge is 0.0237 e. The Bertz CT molecular complexity index is 415. The minimum Gasteiger partial charge on any atom is -0.312 e. The lowest BCUT2D eigenvalue weighted by molar-refractivity contribution is 0.233. The predicted octanol–water partition coefficient (Wildman–Crippen LogP) is 2.11. The normalized spacial score (nSPS) is 14.8. The number of hydrogen-bond acceptors (Lipinski definition) is 3. The van der Waals surface area contributed by atoms with Crippen LogP contribution in [-0.4, -0.2) is 50.1 Å². The lowest BCUT2D eigenvalue weighted by atomic mass is 9.95. The summed E-state index contributed by atoms with van der Waals surface area (Å²) in [5, 5.41) is 3.47. The van der Waals surface area contributed by atoms with Crippen LogP contribution in [0.25, 0.3) is 0 Å². The SMILES string of the molecule is CCCN(CCN(C)C)Cc1cccc2c1CCNC2. The van der Waals surface area contributed by atoms with Crippen LogP contribution in [0.2, 0.25) is 0 Å². The maximum atomic E-state index is 3.47. The van der Waals surface area contributed by atoms with Crippen molar-refractivity contribution < 1.29 is 0 Å². The first-order valence-electron chi connectivity index (χ1n) is 7.88. The number of nitrogens with one attached hydrogen (secondary N) is 1. The Labute approximate surface area is 124 Å². The average molecular weight is 275 g/mol. The Morgan fingerprint density at radius 2 is 2.00 bits per heavy atom. The molecule has 0 saturated heterocycles. The van der Waals surface area contributed by atoms with Crippen molar-refractivity contribution in [3.63, 3.8) is 0 Å². The second kappa shape index (κ2) is 7.77. The summed E-state index contributed by atoms with van der Waals surface area (Å²) in [7, 11) is 4.31. The molecule has 2 rings (SSSR count). The van der Waals surface area contributed by atoms with Gasteiger partial charge in [0.05, 0.1) is 0 Å². The van der Waals surface area contributed by atoms with Crippen molar-refractivity contribution >= 4 is 0 Å². The predicted molar refractivity (Wildman–Crippen MR) is 86.0 cm³/mol. The van der Waals surface area contributed by atoms with Crippen molar-refractivity contribution in [2.45, 2.75) is 32.9 Å². The molecule has 3 nitrogen and oxygen atoms in total. The van der Waals surface area contributed by atoms with Gasteiger partial charge in [0.2, 0.25) is 0 Å². The highest BCUT2D eigenvalue weighted by Crippen LogP contribution is 2.20. The zero-order chi connectivity index (χ0) is 14.4. The van der Waals surface area contributed by atoms with E-state index in [1.807, 2.05) is 0 Å². The van der Waals surface area contributed by atoms with Gasteiger partial charge >= 0.3 is 0 Å². The first kappa shape index (κ1) is 15.5. The average Bonchev–Trinajstić information content (AvgIpc) is 2.45. The molecule has 20 heavy (non-hydrogen) atoms. The van der Waals surface area contributed by atoms with E-state index in [1.165, 1.54) is 30.5 Å². The Morgan fingerprint density at radius 3 is 2.75 bits per heavy atom. The van der Waals surface area contributed by atoms with Gasteiger partial charge in [0, 0.05) is 26.2 Å². The summed E-state index contributed by atoms with van der Waals surface area (Å²) in [6.45, 7) is 9.01. The summed E-state index contributed by atoms with van der Waals surface area (Å²) in [6.07, 6.45) is 2.41. The van der Waals surface area contributed by atoms with Gasteiger partial charge in [0.1, 0.15) is 0 Å². The highest BCUT2D eigenvalue weighted by molar-refractivity contribution is 5.37. The van der Waals surface area contributed by atoms with E-state index in [0.717, 1.165) is 32.7 Å². The molecule has 0 bridgehead atoms. The Kier molecular flexibility index (Phi) is 6.02. The fourth-order valence-corrected chi connectivity index (χ4v) is 2.93. The molecule has 0 radical (unpaired) electrons. The van der Waals surface area contributed by atoms with Crippen molar-refractivity contribution in [1.82, 2.24) is 15.1 Å². The van der Waals surface area contributed by atoms with E-state index in [4.69, 9.17) is 0 Å². The second-order valence-corrected chi connectivity index (χ2v) is 6.06. The first-order valence-corrected chi connectivity index (χ1v) is 7.88. The summed E-state index contributed by atoms with van der Waals surface area (Å²) in [4.78, 5) is 4.87. The van der Waals surface area contributed by atoms with Crippen molar-refractivity contribution in [2.24, 2.45) is 0 Å². The van der Waals surface area contributed by atoms with Gasteiger partial charge in [-0.3, -0.25) is 4.90 Å². The molecule has 3 heteroatoms. The van der Waals surface area contributed by atoms with Crippen LogP contribution in [0.15, 0.2) is 18.2 Å². The minimum atomic E-state index is 1.04. The number of hydrogen-bond donors (Lipinski definition) is 1. The maximum Gasteiger partial charge on any atom is 0.0237 e. The molecule has 0 amide bonds. The van der Waals surface area contributed by atoms with E-state index < -0.39 is 0 Å². The van der Waals surface area contributed by atoms with Gasteiger partial charge in [0.15, 0.2) is 0 Å². The molecule has 1 aliphatic rings. The maximum absolute atomic E-state index is 3.47. The number of fused-ring (bicyclic) bond motifs is 1. The quantitative estimate of drug-likeness (QED) is 0.822. The van der Waals surface area contributed by atoms with E-state index in [0.29, 0.717) is 0 Å². The summed E-state index contributed by atoms with van der Waals surface area (Å²) in [5.41, 5.74) is 4.63. The van der Waals surface area contributed by atoms with Gasteiger partial charge in [-0.25, -0.2) is 0 Å². The van der Waals surface area contributed by atoms with Crippen LogP contribution in [0, 0.1) is 0 Å². The van der Waals surface area contributed by atoms with Gasteiger partial charge in [-0.15, -0.1) is 0 Å². The van der Waals surface area contributed by atoms with Crippen LogP contribution in [0.1, 0.15) is 30.0 Å². The van der Waals surface area contributed by atoms with Gasteiger partial charge < -0.3 is 10.2 Å². The van der Waals surface area contributed by atoms with Crippen LogP contribution < -0.4 is 5.32 Å². The van der Waals surface area contributed by atoms with Crippen molar-refractivity contribution in [3.05, 3.63) is 34.9 Å². The van der Waals surface area contributed by atoms with E-state index in [1.54, 1.807) is 5.56 Å². The molecule has 0 unspecified atom stereocenters. The Morgan fingerprint density at radius 1 is 1.15 bits per heavy atom. The van der Waals surface area contributed by atoms with Gasteiger partial charge in [0.25, 0.3) is 0 Å². The van der Waals surface area contributed by atoms with E-state index in [9.17, 15) is 0 Å². The largest absolute Gasteiger partial charge is 0.312 e. The van der Waals surface area contributed by atoms with Crippen LogP contribution in [-0.2, 0) is 19.5 Å². The van der Waals surface area contributed by atoms with E-state index >= 15 is 0 Å². The second-order valence-electron chi connectivity index (χ2n) is 6.06. The van der Waals surface area contributed by atoms with Crippen molar-refractivity contribution in [3.8, 4) is 0 Å². The molecule has 0 atom stereocenters. The molecule has 0 spiro atoms. The third-order valence-corrected chi connectivity index (χ3v) is 4.03. The highest BCUT2D eigenvalue weighted by Gasteiger charge is 2.14. The molecule has 0 saturated carbocycles. The molecular weight excluding hydrogens is 246 g/mol. The molecule has 112 valence electrons. The standard InChI is InChI=1S/C17H29N3/c1-4-10-20(12-11-19(2)3)14-16-7-5-6-15-13-18-9-8-17(15)16/h5-7,18H,4,8-14H2,1-3H3. The minimum absolute atomic E-state index is 1.04. The third-order valence-electron chi connectivity index (χ3n) is 4.03. The topological polar surface area (TPSA) is 18.5 Å².